The van der Waals surface area contributed by atoms with Gasteiger partial charge in [-0.1, -0.05) is 44.2 Å². The van der Waals surface area contributed by atoms with Gasteiger partial charge < -0.3 is 20.3 Å². The number of aryl methyl sites for hydroxylation is 1. The molecule has 0 aliphatic carbocycles. The Labute approximate surface area is 159 Å². The molecule has 26 heavy (non-hydrogen) atoms. The van der Waals surface area contributed by atoms with Gasteiger partial charge in [-0.15, -0.1) is 0 Å². The third-order valence-corrected chi connectivity index (χ3v) is 4.06. The Balaban J connectivity index is 0.00000163. The van der Waals surface area contributed by atoms with Crippen molar-refractivity contribution >= 4 is 17.1 Å². The molecule has 2 aromatic carbocycles. The highest BCUT2D eigenvalue weighted by Gasteiger charge is 2.04. The number of benzene rings is 2. The zero-order valence-electron chi connectivity index (χ0n) is 17.0. The summed E-state index contributed by atoms with van der Waals surface area (Å²) in [6, 6.07) is 16.7. The molecule has 2 aromatic rings. The van der Waals surface area contributed by atoms with Crippen LogP contribution in [0.4, 0.5) is 17.1 Å². The molecule has 0 bridgehead atoms. The number of para-hydroxylation sites is 3. The summed E-state index contributed by atoms with van der Waals surface area (Å²) >= 11 is 0. The second-order valence-electron chi connectivity index (χ2n) is 5.81. The highest BCUT2D eigenvalue weighted by Crippen LogP contribution is 2.23. The van der Waals surface area contributed by atoms with Gasteiger partial charge in [0.25, 0.3) is 0 Å². The van der Waals surface area contributed by atoms with Crippen LogP contribution in [0.1, 0.15) is 26.3 Å². The normalized spacial score (nSPS) is 9.88. The van der Waals surface area contributed by atoms with Gasteiger partial charge in [0.15, 0.2) is 0 Å². The topological polar surface area (TPSA) is 36.5 Å². The van der Waals surface area contributed by atoms with Gasteiger partial charge in [-0.2, -0.15) is 0 Å². The number of rotatable bonds is 10. The highest BCUT2D eigenvalue weighted by atomic mass is 16.5. The molecule has 2 N–H and O–H groups in total. The zero-order valence-corrected chi connectivity index (χ0v) is 17.0. The molecule has 0 spiro atoms. The quantitative estimate of drug-likeness (QED) is 0.586. The summed E-state index contributed by atoms with van der Waals surface area (Å²) in [4.78, 5) is 2.23. The monoisotopic (exact) mass is 357 g/mol. The molecular weight excluding hydrogens is 322 g/mol. The van der Waals surface area contributed by atoms with Gasteiger partial charge >= 0.3 is 0 Å². The van der Waals surface area contributed by atoms with Crippen molar-refractivity contribution < 1.29 is 4.74 Å². The van der Waals surface area contributed by atoms with Crippen molar-refractivity contribution in [2.45, 2.75) is 27.7 Å². The Kier molecular flexibility index (Phi) is 11.0. The van der Waals surface area contributed by atoms with E-state index in [0.717, 1.165) is 25.3 Å². The smallest absolute Gasteiger partial charge is 0.0639 e. The molecule has 0 aromatic heterocycles. The van der Waals surface area contributed by atoms with E-state index in [0.29, 0.717) is 13.2 Å². The average Bonchev–Trinajstić information content (AvgIpc) is 2.70. The van der Waals surface area contributed by atoms with Gasteiger partial charge in [0.1, 0.15) is 0 Å². The van der Waals surface area contributed by atoms with Crippen LogP contribution >= 0.6 is 0 Å². The van der Waals surface area contributed by atoms with Crippen molar-refractivity contribution in [3.05, 3.63) is 54.1 Å². The van der Waals surface area contributed by atoms with Crippen LogP contribution in [-0.4, -0.2) is 39.9 Å². The maximum Gasteiger partial charge on any atom is 0.0639 e. The maximum atomic E-state index is 5.71. The van der Waals surface area contributed by atoms with Crippen molar-refractivity contribution in [2.24, 2.45) is 0 Å². The van der Waals surface area contributed by atoms with Crippen LogP contribution in [0, 0.1) is 6.92 Å². The predicted octanol–water partition coefficient (Wildman–Crippen LogP) is 5.02. The average molecular weight is 358 g/mol. The van der Waals surface area contributed by atoms with E-state index >= 15 is 0 Å². The summed E-state index contributed by atoms with van der Waals surface area (Å²) in [7, 11) is 2.11. The van der Waals surface area contributed by atoms with Crippen LogP contribution in [0.3, 0.4) is 0 Å². The van der Waals surface area contributed by atoms with Crippen LogP contribution in [0.5, 0.6) is 0 Å². The van der Waals surface area contributed by atoms with Crippen molar-refractivity contribution in [1.82, 2.24) is 0 Å². The molecule has 0 saturated carbocycles. The first-order valence-corrected chi connectivity index (χ1v) is 9.63. The number of hydrogen-bond acceptors (Lipinski definition) is 4. The lowest BCUT2D eigenvalue weighted by Gasteiger charge is -2.21. The minimum atomic E-state index is 0.694. The van der Waals surface area contributed by atoms with Gasteiger partial charge in [-0.25, -0.2) is 0 Å². The van der Waals surface area contributed by atoms with Gasteiger partial charge in [-0.3, -0.25) is 0 Å². The van der Waals surface area contributed by atoms with E-state index in [4.69, 9.17) is 4.74 Å². The number of nitrogens with one attached hydrogen (secondary N) is 2. The Morgan fingerprint density at radius 2 is 1.38 bits per heavy atom. The first-order valence-electron chi connectivity index (χ1n) is 9.63. The van der Waals surface area contributed by atoms with Gasteiger partial charge in [0.2, 0.25) is 0 Å². The number of nitrogens with zero attached hydrogens (tertiary/aromatic N) is 1. The number of anilines is 3. The molecule has 0 heterocycles. The minimum absolute atomic E-state index is 0.694. The van der Waals surface area contributed by atoms with Gasteiger partial charge in [-0.05, 0) is 37.6 Å². The fourth-order valence-electron chi connectivity index (χ4n) is 2.52. The molecule has 0 radical (unpaired) electrons. The van der Waals surface area contributed by atoms with E-state index in [-0.39, 0.29) is 0 Å². The second kappa shape index (κ2) is 13.1. The summed E-state index contributed by atoms with van der Waals surface area (Å²) in [5.41, 5.74) is 4.82. The van der Waals surface area contributed by atoms with Crippen LogP contribution in [0.2, 0.25) is 0 Å². The Hall–Kier alpha value is -2.20. The highest BCUT2D eigenvalue weighted by molar-refractivity contribution is 5.69. The molecule has 0 atom stereocenters. The van der Waals surface area contributed by atoms with Gasteiger partial charge in [0, 0.05) is 32.4 Å². The lowest BCUT2D eigenvalue weighted by atomic mass is 10.2. The molecular formula is C22H35N3O. The molecule has 0 fully saturated rings. The fourth-order valence-corrected chi connectivity index (χ4v) is 2.52. The van der Waals surface area contributed by atoms with Crippen molar-refractivity contribution in [3.8, 4) is 0 Å². The molecule has 0 aliphatic heterocycles. The lowest BCUT2D eigenvalue weighted by molar-refractivity contribution is 0.154. The van der Waals surface area contributed by atoms with E-state index in [1.165, 1.54) is 16.9 Å². The van der Waals surface area contributed by atoms with Crippen molar-refractivity contribution in [3.63, 3.8) is 0 Å². The molecule has 0 saturated heterocycles. The molecule has 4 heteroatoms. The summed E-state index contributed by atoms with van der Waals surface area (Å²) in [6.07, 6.45) is 0. The van der Waals surface area contributed by atoms with E-state index in [1.807, 2.05) is 19.9 Å². The van der Waals surface area contributed by atoms with Crippen LogP contribution in [-0.2, 0) is 4.74 Å². The molecule has 2 rings (SSSR count). The third kappa shape index (κ3) is 7.36. The first kappa shape index (κ1) is 21.8. The third-order valence-electron chi connectivity index (χ3n) is 4.06. The van der Waals surface area contributed by atoms with E-state index in [9.17, 15) is 0 Å². The standard InChI is InChI=1S/C20H29N3O.C2H6/c1-4-23(3)20-12-8-7-11-19(20)22-14-16-24-15-13-21-18-10-6-5-9-17(18)2;1-2/h5-12,21-22H,4,13-16H2,1-3H3;1-2H3. The Bertz CT molecular complexity index is 616. The van der Waals surface area contributed by atoms with Gasteiger partial charge in [0.05, 0.1) is 24.6 Å². The molecule has 4 nitrogen and oxygen atoms in total. The van der Waals surface area contributed by atoms with Crippen LogP contribution < -0.4 is 15.5 Å². The minimum Gasteiger partial charge on any atom is -0.383 e. The number of ether oxygens (including phenoxy) is 1. The molecule has 0 aliphatic rings. The van der Waals surface area contributed by atoms with Crippen molar-refractivity contribution in [1.29, 1.82) is 0 Å². The largest absolute Gasteiger partial charge is 0.383 e. The second-order valence-corrected chi connectivity index (χ2v) is 5.81. The van der Waals surface area contributed by atoms with E-state index < -0.39 is 0 Å². The van der Waals surface area contributed by atoms with Crippen LogP contribution in [0.15, 0.2) is 48.5 Å². The maximum absolute atomic E-state index is 5.71. The van der Waals surface area contributed by atoms with E-state index in [1.54, 1.807) is 0 Å². The Morgan fingerprint density at radius 3 is 2.00 bits per heavy atom. The summed E-state index contributed by atoms with van der Waals surface area (Å²) in [5.74, 6) is 0. The summed E-state index contributed by atoms with van der Waals surface area (Å²) in [5, 5.41) is 6.86. The molecule has 0 unspecified atom stereocenters. The molecule has 144 valence electrons. The van der Waals surface area contributed by atoms with Crippen LogP contribution in [0.25, 0.3) is 0 Å². The SMILES string of the molecule is CC.CCN(C)c1ccccc1NCCOCCNc1ccccc1C. The molecule has 0 amide bonds. The summed E-state index contributed by atoms with van der Waals surface area (Å²) < 4.78 is 5.71. The summed E-state index contributed by atoms with van der Waals surface area (Å²) in [6.45, 7) is 12.3. The van der Waals surface area contributed by atoms with Crippen molar-refractivity contribution in [2.75, 3.05) is 55.4 Å². The Morgan fingerprint density at radius 1 is 0.846 bits per heavy atom. The van der Waals surface area contributed by atoms with E-state index in [2.05, 4.69) is 78.9 Å². The first-order chi connectivity index (χ1) is 12.7. The zero-order chi connectivity index (χ0) is 19.2. The fraction of sp³-hybridized carbons (Fsp3) is 0.455. The number of hydrogen-bond donors (Lipinski definition) is 2. The lowest BCUT2D eigenvalue weighted by Crippen LogP contribution is -2.19. The predicted molar refractivity (Wildman–Crippen MR) is 116 cm³/mol.